The number of hydrogen-bond donors (Lipinski definition) is 0. The van der Waals surface area contributed by atoms with E-state index >= 15 is 0 Å². The molecule has 0 aromatic carbocycles. The Bertz CT molecular complexity index is 327. The van der Waals surface area contributed by atoms with Gasteiger partial charge in [-0.2, -0.15) is 5.26 Å². The Morgan fingerprint density at radius 1 is 1.83 bits per heavy atom. The second-order valence-electron chi connectivity index (χ2n) is 2.15. The van der Waals surface area contributed by atoms with Crippen LogP contribution in [-0.4, -0.2) is 25.2 Å². The monoisotopic (exact) mass is 184 g/mol. The van der Waals surface area contributed by atoms with E-state index in [0.29, 0.717) is 18.1 Å². The molecule has 0 aliphatic rings. The molecule has 6 heteroatoms. The van der Waals surface area contributed by atoms with Crippen molar-refractivity contribution in [2.45, 2.75) is 18.1 Å². The number of hydrogen-bond acceptors (Lipinski definition) is 4. The topological polar surface area (TPSA) is 71.6 Å². The van der Waals surface area contributed by atoms with E-state index in [1.165, 1.54) is 17.3 Å². The fourth-order valence-corrected chi connectivity index (χ4v) is 1.10. The van der Waals surface area contributed by atoms with Gasteiger partial charge >= 0.3 is 0 Å². The lowest BCUT2D eigenvalue weighted by Gasteiger charge is -1.91. The van der Waals surface area contributed by atoms with Crippen molar-refractivity contribution in [1.82, 2.24) is 14.8 Å². The summed E-state index contributed by atoms with van der Waals surface area (Å²) in [5, 5.41) is 12.5. The van der Waals surface area contributed by atoms with Gasteiger partial charge in [0.15, 0.2) is 0 Å². The number of rotatable bonds is 3. The Morgan fingerprint density at radius 2 is 2.58 bits per heavy atom. The molecule has 1 rings (SSSR count). The largest absolute Gasteiger partial charge is 0.251 e. The zero-order chi connectivity index (χ0) is 8.97. The van der Waals surface area contributed by atoms with Gasteiger partial charge in [-0.1, -0.05) is 0 Å². The van der Waals surface area contributed by atoms with E-state index in [9.17, 15) is 4.21 Å². The molecule has 0 saturated carbocycles. The Kier molecular flexibility index (Phi) is 2.94. The molecule has 12 heavy (non-hydrogen) atoms. The average molecular weight is 184 g/mol. The van der Waals surface area contributed by atoms with Crippen LogP contribution < -0.4 is 0 Å². The lowest BCUT2D eigenvalue weighted by atomic mass is 10.5. The van der Waals surface area contributed by atoms with Gasteiger partial charge in [0, 0.05) is 6.26 Å². The second kappa shape index (κ2) is 3.97. The Balaban J connectivity index is 2.66. The summed E-state index contributed by atoms with van der Waals surface area (Å²) in [6, 6.07) is 1.99. The molecule has 1 heterocycles. The Morgan fingerprint density at radius 3 is 3.08 bits per heavy atom. The molecule has 1 aromatic rings. The quantitative estimate of drug-likeness (QED) is 0.659. The highest BCUT2D eigenvalue weighted by molar-refractivity contribution is 7.84. The van der Waals surface area contributed by atoms with E-state index < -0.39 is 10.8 Å². The van der Waals surface area contributed by atoms with Crippen molar-refractivity contribution in [2.24, 2.45) is 0 Å². The lowest BCUT2D eigenvalue weighted by Crippen LogP contribution is -1.99. The molecule has 0 radical (unpaired) electrons. The minimum Gasteiger partial charge on any atom is -0.251 e. The Labute approximate surface area is 72.5 Å². The van der Waals surface area contributed by atoms with Crippen LogP contribution in [0.4, 0.5) is 0 Å². The summed E-state index contributed by atoms with van der Waals surface area (Å²) in [5.41, 5.74) is 0. The number of nitrogens with zero attached hydrogens (tertiary/aromatic N) is 4. The van der Waals surface area contributed by atoms with Crippen molar-refractivity contribution in [1.29, 1.82) is 5.26 Å². The van der Waals surface area contributed by atoms with Crippen molar-refractivity contribution < 1.29 is 4.21 Å². The molecule has 5 nitrogen and oxygen atoms in total. The van der Waals surface area contributed by atoms with Crippen molar-refractivity contribution in [3.8, 4) is 6.07 Å². The van der Waals surface area contributed by atoms with Gasteiger partial charge in [-0.15, -0.1) is 5.10 Å². The number of nitriles is 1. The van der Waals surface area contributed by atoms with Crippen molar-refractivity contribution >= 4 is 10.8 Å². The van der Waals surface area contributed by atoms with E-state index in [1.807, 2.05) is 6.07 Å². The molecule has 0 aliphatic carbocycles. The van der Waals surface area contributed by atoms with Crippen LogP contribution in [0.3, 0.4) is 0 Å². The SMILES string of the molecule is CS(=O)c1ncn(CCC#N)n1. The van der Waals surface area contributed by atoms with Crippen molar-refractivity contribution in [3.63, 3.8) is 0 Å². The predicted octanol–water partition coefficient (Wildman–Crippen LogP) is -0.0708. The molecule has 0 aliphatic heterocycles. The highest BCUT2D eigenvalue weighted by Crippen LogP contribution is 1.95. The standard InChI is InChI=1S/C6H8N4OS/c1-12(11)6-8-5-10(9-6)4-2-3-7/h5H,2,4H2,1H3. The molecule has 0 fully saturated rings. The number of aryl methyl sites for hydroxylation is 1. The normalized spacial score (nSPS) is 12.3. The van der Waals surface area contributed by atoms with Gasteiger partial charge in [-0.25, -0.2) is 4.98 Å². The van der Waals surface area contributed by atoms with Gasteiger partial charge in [0.25, 0.3) is 0 Å². The average Bonchev–Trinajstić information content (AvgIpc) is 2.48. The third-order valence-corrected chi connectivity index (χ3v) is 1.93. The molecule has 1 unspecified atom stereocenters. The highest BCUT2D eigenvalue weighted by atomic mass is 32.2. The zero-order valence-corrected chi connectivity index (χ0v) is 7.41. The summed E-state index contributed by atoms with van der Waals surface area (Å²) in [5.74, 6) is 0. The summed E-state index contributed by atoms with van der Waals surface area (Å²) >= 11 is 0. The highest BCUT2D eigenvalue weighted by Gasteiger charge is 2.02. The smallest absolute Gasteiger partial charge is 0.238 e. The lowest BCUT2D eigenvalue weighted by molar-refractivity contribution is 0.607. The summed E-state index contributed by atoms with van der Waals surface area (Å²) in [6.45, 7) is 0.501. The third-order valence-electron chi connectivity index (χ3n) is 1.23. The van der Waals surface area contributed by atoms with E-state index in [-0.39, 0.29) is 0 Å². The molecule has 64 valence electrons. The molecule has 0 saturated heterocycles. The van der Waals surface area contributed by atoms with Gasteiger partial charge in [-0.3, -0.25) is 8.89 Å². The fourth-order valence-electron chi connectivity index (χ4n) is 0.682. The maximum absolute atomic E-state index is 10.8. The van der Waals surface area contributed by atoms with E-state index in [0.717, 1.165) is 0 Å². The van der Waals surface area contributed by atoms with Crippen LogP contribution in [0.5, 0.6) is 0 Å². The molecule has 1 aromatic heterocycles. The van der Waals surface area contributed by atoms with Crippen LogP contribution in [0.15, 0.2) is 11.5 Å². The first-order valence-corrected chi connectivity index (χ1v) is 4.89. The molecular formula is C6H8N4OS. The summed E-state index contributed by atoms with van der Waals surface area (Å²) in [4.78, 5) is 3.81. The van der Waals surface area contributed by atoms with E-state index in [1.54, 1.807) is 0 Å². The first kappa shape index (κ1) is 8.87. The summed E-state index contributed by atoms with van der Waals surface area (Å²) in [6.07, 6.45) is 3.39. The van der Waals surface area contributed by atoms with Gasteiger partial charge in [0.05, 0.1) is 29.8 Å². The van der Waals surface area contributed by atoms with Gasteiger partial charge in [-0.05, 0) is 0 Å². The summed E-state index contributed by atoms with van der Waals surface area (Å²) < 4.78 is 12.4. The zero-order valence-electron chi connectivity index (χ0n) is 6.60. The first-order valence-electron chi connectivity index (χ1n) is 3.34. The van der Waals surface area contributed by atoms with Gasteiger partial charge in [0.1, 0.15) is 6.33 Å². The van der Waals surface area contributed by atoms with Crippen molar-refractivity contribution in [3.05, 3.63) is 6.33 Å². The minimum absolute atomic E-state index is 0.313. The van der Waals surface area contributed by atoms with Crippen LogP contribution >= 0.6 is 0 Å². The van der Waals surface area contributed by atoms with Gasteiger partial charge in [0.2, 0.25) is 5.16 Å². The van der Waals surface area contributed by atoms with Crippen LogP contribution in [-0.2, 0) is 17.3 Å². The second-order valence-corrected chi connectivity index (χ2v) is 3.43. The molecular weight excluding hydrogens is 176 g/mol. The number of aromatic nitrogens is 3. The van der Waals surface area contributed by atoms with Crippen molar-refractivity contribution in [2.75, 3.05) is 6.26 Å². The summed E-state index contributed by atoms with van der Waals surface area (Å²) in [7, 11) is -1.14. The van der Waals surface area contributed by atoms with E-state index in [2.05, 4.69) is 10.1 Å². The third kappa shape index (κ3) is 2.13. The maximum Gasteiger partial charge on any atom is 0.238 e. The van der Waals surface area contributed by atoms with Crippen LogP contribution in [0.1, 0.15) is 6.42 Å². The maximum atomic E-state index is 10.8. The molecule has 0 N–H and O–H groups in total. The van der Waals surface area contributed by atoms with E-state index in [4.69, 9.17) is 5.26 Å². The molecule has 0 spiro atoms. The predicted molar refractivity (Wildman–Crippen MR) is 42.6 cm³/mol. The molecule has 1 atom stereocenters. The first-order chi connectivity index (χ1) is 5.74. The minimum atomic E-state index is -1.14. The fraction of sp³-hybridized carbons (Fsp3) is 0.500. The molecule has 0 bridgehead atoms. The Hall–Kier alpha value is -1.22. The van der Waals surface area contributed by atoms with Crippen LogP contribution in [0.25, 0.3) is 0 Å². The van der Waals surface area contributed by atoms with Gasteiger partial charge < -0.3 is 0 Å². The molecule has 0 amide bonds. The van der Waals surface area contributed by atoms with Crippen LogP contribution in [0, 0.1) is 11.3 Å². The van der Waals surface area contributed by atoms with Crippen LogP contribution in [0.2, 0.25) is 0 Å².